The second kappa shape index (κ2) is 7.17. The second-order valence-corrected chi connectivity index (χ2v) is 6.04. The van der Waals surface area contributed by atoms with Crippen LogP contribution in [0.15, 0.2) is 23.1 Å². The minimum absolute atomic E-state index is 0.349. The second-order valence-electron chi connectivity index (χ2n) is 4.74. The van der Waals surface area contributed by atoms with Crippen LogP contribution in [0.5, 0.6) is 0 Å². The molecule has 19 heavy (non-hydrogen) atoms. The molecule has 4 heteroatoms. The van der Waals surface area contributed by atoms with Gasteiger partial charge in [0.25, 0.3) is 0 Å². The molecule has 1 aromatic rings. The maximum atomic E-state index is 5.98. The lowest BCUT2D eigenvalue weighted by atomic mass is 10.1. The first-order chi connectivity index (χ1) is 9.30. The van der Waals surface area contributed by atoms with E-state index in [9.17, 15) is 0 Å². The Morgan fingerprint density at radius 3 is 2.95 bits per heavy atom. The van der Waals surface area contributed by atoms with Crippen LogP contribution in [0.1, 0.15) is 25.8 Å². The summed E-state index contributed by atoms with van der Waals surface area (Å²) in [6.45, 7) is 7.72. The van der Waals surface area contributed by atoms with E-state index >= 15 is 0 Å². The van der Waals surface area contributed by atoms with Gasteiger partial charge in [-0.05, 0) is 24.3 Å². The van der Waals surface area contributed by atoms with Gasteiger partial charge in [0.15, 0.2) is 0 Å². The van der Waals surface area contributed by atoms with Crippen molar-refractivity contribution in [2.24, 2.45) is 5.73 Å². The normalized spacial score (nSPS) is 19.7. The quantitative estimate of drug-likeness (QED) is 0.842. The number of ether oxygens (including phenoxy) is 1. The largest absolute Gasteiger partial charge is 0.375 e. The molecule has 0 amide bonds. The van der Waals surface area contributed by atoms with Gasteiger partial charge in [-0.15, -0.1) is 11.8 Å². The van der Waals surface area contributed by atoms with E-state index in [1.807, 2.05) is 11.8 Å². The van der Waals surface area contributed by atoms with Crippen LogP contribution in [0.4, 0.5) is 5.69 Å². The summed E-state index contributed by atoms with van der Waals surface area (Å²) >= 11 is 1.87. The average Bonchev–Trinajstić information content (AvgIpc) is 2.47. The third kappa shape index (κ3) is 3.44. The van der Waals surface area contributed by atoms with Crippen molar-refractivity contribution < 1.29 is 4.74 Å². The molecule has 0 spiro atoms. The minimum atomic E-state index is 0.349. The van der Waals surface area contributed by atoms with Crippen LogP contribution in [-0.4, -0.2) is 31.6 Å². The number of nitrogens with zero attached hydrogens (tertiary/aromatic N) is 1. The van der Waals surface area contributed by atoms with E-state index < -0.39 is 0 Å². The lowest BCUT2D eigenvalue weighted by molar-refractivity contribution is 0.0384. The molecule has 0 bridgehead atoms. The zero-order valence-corrected chi connectivity index (χ0v) is 12.7. The van der Waals surface area contributed by atoms with Crippen LogP contribution in [0.3, 0.4) is 0 Å². The van der Waals surface area contributed by atoms with Crippen LogP contribution < -0.4 is 10.6 Å². The van der Waals surface area contributed by atoms with Gasteiger partial charge in [0.2, 0.25) is 0 Å². The molecule has 0 aliphatic carbocycles. The van der Waals surface area contributed by atoms with Gasteiger partial charge in [-0.25, -0.2) is 0 Å². The van der Waals surface area contributed by atoms with Crippen LogP contribution in [0.25, 0.3) is 0 Å². The SMILES string of the molecule is CCSc1cccc(N2CCOC(CC)C2)c1CN. The van der Waals surface area contributed by atoms with E-state index in [0.717, 1.165) is 31.9 Å². The Morgan fingerprint density at radius 1 is 1.42 bits per heavy atom. The third-order valence-corrected chi connectivity index (χ3v) is 4.53. The van der Waals surface area contributed by atoms with Crippen LogP contribution in [-0.2, 0) is 11.3 Å². The zero-order chi connectivity index (χ0) is 13.7. The third-order valence-electron chi connectivity index (χ3n) is 3.55. The van der Waals surface area contributed by atoms with E-state index in [-0.39, 0.29) is 0 Å². The molecule has 1 aliphatic rings. The Balaban J connectivity index is 2.25. The highest BCUT2D eigenvalue weighted by Crippen LogP contribution is 2.31. The molecule has 106 valence electrons. The number of morpholine rings is 1. The number of hydrogen-bond donors (Lipinski definition) is 1. The Morgan fingerprint density at radius 2 is 2.26 bits per heavy atom. The van der Waals surface area contributed by atoms with Crippen LogP contribution in [0.2, 0.25) is 0 Å². The number of hydrogen-bond acceptors (Lipinski definition) is 4. The molecule has 3 nitrogen and oxygen atoms in total. The first-order valence-corrected chi connectivity index (χ1v) is 8.10. The van der Waals surface area contributed by atoms with Crippen LogP contribution in [0, 0.1) is 0 Å². The monoisotopic (exact) mass is 280 g/mol. The topological polar surface area (TPSA) is 38.5 Å². The van der Waals surface area contributed by atoms with Gasteiger partial charge in [-0.2, -0.15) is 0 Å². The summed E-state index contributed by atoms with van der Waals surface area (Å²) in [5.41, 5.74) is 8.56. The number of rotatable bonds is 5. The fraction of sp³-hybridized carbons (Fsp3) is 0.600. The molecular formula is C15H24N2OS. The highest BCUT2D eigenvalue weighted by atomic mass is 32.2. The summed E-state index contributed by atoms with van der Waals surface area (Å²) < 4.78 is 5.75. The predicted octanol–water partition coefficient (Wildman–Crippen LogP) is 2.87. The average molecular weight is 280 g/mol. The summed E-state index contributed by atoms with van der Waals surface area (Å²) in [7, 11) is 0. The summed E-state index contributed by atoms with van der Waals surface area (Å²) in [4.78, 5) is 3.75. The minimum Gasteiger partial charge on any atom is -0.375 e. The Kier molecular flexibility index (Phi) is 5.55. The highest BCUT2D eigenvalue weighted by Gasteiger charge is 2.21. The van der Waals surface area contributed by atoms with E-state index in [0.29, 0.717) is 12.6 Å². The molecule has 1 aromatic carbocycles. The molecule has 0 aromatic heterocycles. The smallest absolute Gasteiger partial charge is 0.0748 e. The van der Waals surface area contributed by atoms with Gasteiger partial charge >= 0.3 is 0 Å². The van der Waals surface area contributed by atoms with E-state index in [1.165, 1.54) is 16.1 Å². The standard InChI is InChI=1S/C15H24N2OS/c1-3-12-11-17(8-9-18-12)14-6-5-7-15(19-4-2)13(14)10-16/h5-7,12H,3-4,8-11,16H2,1-2H3. The number of anilines is 1. The lowest BCUT2D eigenvalue weighted by Crippen LogP contribution is -2.42. The van der Waals surface area contributed by atoms with E-state index in [2.05, 4.69) is 36.9 Å². The van der Waals surface area contributed by atoms with Crippen molar-refractivity contribution in [3.8, 4) is 0 Å². The van der Waals surface area contributed by atoms with E-state index in [4.69, 9.17) is 10.5 Å². The number of benzene rings is 1. The van der Waals surface area contributed by atoms with Gasteiger partial charge in [0, 0.05) is 35.8 Å². The first-order valence-electron chi connectivity index (χ1n) is 7.11. The molecule has 2 N–H and O–H groups in total. The Bertz CT molecular complexity index is 411. The molecule has 1 heterocycles. The lowest BCUT2D eigenvalue weighted by Gasteiger charge is -2.35. The first kappa shape index (κ1) is 14.7. The predicted molar refractivity (Wildman–Crippen MR) is 83.0 cm³/mol. The number of nitrogens with two attached hydrogens (primary N) is 1. The molecule has 2 rings (SSSR count). The van der Waals surface area contributed by atoms with Crippen molar-refractivity contribution in [2.45, 2.75) is 37.8 Å². The van der Waals surface area contributed by atoms with Gasteiger partial charge in [0.05, 0.1) is 12.7 Å². The summed E-state index contributed by atoms with van der Waals surface area (Å²) in [6.07, 6.45) is 1.42. The molecular weight excluding hydrogens is 256 g/mol. The molecule has 1 atom stereocenters. The molecule has 1 unspecified atom stereocenters. The van der Waals surface area contributed by atoms with Crippen LogP contribution >= 0.6 is 11.8 Å². The summed E-state index contributed by atoms with van der Waals surface area (Å²) in [5.74, 6) is 1.08. The molecule has 0 saturated carbocycles. The van der Waals surface area contributed by atoms with Gasteiger partial charge in [-0.3, -0.25) is 0 Å². The van der Waals surface area contributed by atoms with Gasteiger partial charge in [-0.1, -0.05) is 19.9 Å². The molecule has 1 aliphatic heterocycles. The van der Waals surface area contributed by atoms with Gasteiger partial charge in [0.1, 0.15) is 0 Å². The zero-order valence-electron chi connectivity index (χ0n) is 11.9. The van der Waals surface area contributed by atoms with Gasteiger partial charge < -0.3 is 15.4 Å². The maximum absolute atomic E-state index is 5.98. The van der Waals surface area contributed by atoms with Crippen molar-refractivity contribution in [2.75, 3.05) is 30.3 Å². The maximum Gasteiger partial charge on any atom is 0.0748 e. The molecule has 0 radical (unpaired) electrons. The van der Waals surface area contributed by atoms with Crippen molar-refractivity contribution in [1.82, 2.24) is 0 Å². The summed E-state index contributed by atoms with van der Waals surface area (Å²) in [6, 6.07) is 6.51. The highest BCUT2D eigenvalue weighted by molar-refractivity contribution is 7.99. The summed E-state index contributed by atoms with van der Waals surface area (Å²) in [5, 5.41) is 0. The molecule has 1 fully saturated rings. The van der Waals surface area contributed by atoms with Crippen molar-refractivity contribution in [3.05, 3.63) is 23.8 Å². The van der Waals surface area contributed by atoms with E-state index in [1.54, 1.807) is 0 Å². The fourth-order valence-corrected chi connectivity index (χ4v) is 3.38. The molecule has 1 saturated heterocycles. The Labute approximate surface area is 120 Å². The van der Waals surface area contributed by atoms with Crippen molar-refractivity contribution >= 4 is 17.4 Å². The van der Waals surface area contributed by atoms with Crippen molar-refractivity contribution in [1.29, 1.82) is 0 Å². The Hall–Kier alpha value is -0.710. The number of thioether (sulfide) groups is 1. The van der Waals surface area contributed by atoms with Crippen molar-refractivity contribution in [3.63, 3.8) is 0 Å². The fourth-order valence-electron chi connectivity index (χ4n) is 2.53.